The molecule has 2 saturated heterocycles. The van der Waals surface area contributed by atoms with Crippen molar-refractivity contribution < 1.29 is 23.9 Å². The first kappa shape index (κ1) is 15.1. The van der Waals surface area contributed by atoms with Gasteiger partial charge >= 0.3 is 5.97 Å². The molecule has 0 radical (unpaired) electrons. The van der Waals surface area contributed by atoms with E-state index in [1.54, 1.807) is 24.3 Å². The van der Waals surface area contributed by atoms with E-state index in [1.165, 1.54) is 7.11 Å². The molecule has 124 valence electrons. The monoisotopic (exact) mass is 327 g/mol. The molecule has 0 saturated carbocycles. The maximum absolute atomic E-state index is 13.0. The Labute approximate surface area is 139 Å². The molecule has 1 aromatic carbocycles. The van der Waals surface area contributed by atoms with E-state index < -0.39 is 29.0 Å². The first-order valence-corrected chi connectivity index (χ1v) is 7.78. The van der Waals surface area contributed by atoms with E-state index in [2.05, 4.69) is 0 Å². The van der Waals surface area contributed by atoms with Crippen LogP contribution in [0.15, 0.2) is 36.4 Å². The summed E-state index contributed by atoms with van der Waals surface area (Å²) in [5, 5.41) is 0. The Balaban J connectivity index is 1.83. The molecule has 2 amide bonds. The number of benzene rings is 1. The summed E-state index contributed by atoms with van der Waals surface area (Å²) in [6.07, 6.45) is 3.71. The molecule has 2 bridgehead atoms. The van der Waals surface area contributed by atoms with Crippen LogP contribution < -0.4 is 4.90 Å². The molecule has 1 aromatic rings. The van der Waals surface area contributed by atoms with Gasteiger partial charge in [0.25, 0.3) is 0 Å². The predicted molar refractivity (Wildman–Crippen MR) is 84.3 cm³/mol. The van der Waals surface area contributed by atoms with Crippen molar-refractivity contribution in [2.45, 2.75) is 25.0 Å². The van der Waals surface area contributed by atoms with Gasteiger partial charge in [0.15, 0.2) is 0 Å². The second kappa shape index (κ2) is 4.54. The van der Waals surface area contributed by atoms with E-state index in [9.17, 15) is 14.4 Å². The van der Waals surface area contributed by atoms with E-state index in [0.717, 1.165) is 4.90 Å². The van der Waals surface area contributed by atoms with Crippen molar-refractivity contribution in [2.75, 3.05) is 12.0 Å². The quantitative estimate of drug-likeness (QED) is 0.470. The average Bonchev–Trinajstić information content (AvgIpc) is 3.11. The minimum atomic E-state index is -0.791. The summed E-state index contributed by atoms with van der Waals surface area (Å²) in [6, 6.07) is 6.48. The number of para-hydroxylation sites is 1. The zero-order valence-electron chi connectivity index (χ0n) is 13.6. The zero-order chi connectivity index (χ0) is 17.3. The number of esters is 1. The number of carbonyl (C=O) groups excluding carboxylic acids is 3. The lowest BCUT2D eigenvalue weighted by Gasteiger charge is -2.26. The summed E-state index contributed by atoms with van der Waals surface area (Å²) in [4.78, 5) is 39.2. The second-order valence-electron chi connectivity index (χ2n) is 6.78. The Morgan fingerprint density at radius 1 is 1.08 bits per heavy atom. The molecule has 6 nitrogen and oxygen atoms in total. The summed E-state index contributed by atoms with van der Waals surface area (Å²) >= 11 is 0. The van der Waals surface area contributed by atoms with Crippen LogP contribution in [0.1, 0.15) is 24.2 Å². The topological polar surface area (TPSA) is 72.9 Å². The number of carbonyl (C=O) groups is 3. The molecule has 0 aliphatic carbocycles. The number of rotatable bonds is 2. The number of imide groups is 1. The third-order valence-electron chi connectivity index (χ3n) is 5.28. The lowest BCUT2D eigenvalue weighted by Crippen LogP contribution is -2.40. The van der Waals surface area contributed by atoms with Crippen LogP contribution in [-0.2, 0) is 19.1 Å². The van der Waals surface area contributed by atoms with Crippen LogP contribution in [0.5, 0.6) is 0 Å². The molecule has 0 aromatic heterocycles. The maximum Gasteiger partial charge on any atom is 0.339 e. The molecule has 4 rings (SSSR count). The SMILES string of the molecule is COC(=O)c1ccccc1N1C(=O)[C@H]2[C@H](C1=O)[C@]1(C)C=C[C@@]2(C)O1. The molecule has 6 heteroatoms. The summed E-state index contributed by atoms with van der Waals surface area (Å²) in [6.45, 7) is 3.64. The number of anilines is 1. The highest BCUT2D eigenvalue weighted by atomic mass is 16.5. The molecule has 3 heterocycles. The van der Waals surface area contributed by atoms with Gasteiger partial charge in [-0.1, -0.05) is 24.3 Å². The highest BCUT2D eigenvalue weighted by Gasteiger charge is 2.70. The Kier molecular flexibility index (Phi) is 2.85. The first-order valence-electron chi connectivity index (χ1n) is 7.78. The van der Waals surface area contributed by atoms with Crippen molar-refractivity contribution >= 4 is 23.5 Å². The van der Waals surface area contributed by atoms with Crippen LogP contribution >= 0.6 is 0 Å². The minimum absolute atomic E-state index is 0.193. The van der Waals surface area contributed by atoms with E-state index in [0.29, 0.717) is 0 Å². The van der Waals surface area contributed by atoms with Crippen LogP contribution in [-0.4, -0.2) is 36.1 Å². The minimum Gasteiger partial charge on any atom is -0.465 e. The normalized spacial score (nSPS) is 36.4. The molecule has 4 atom stereocenters. The molecule has 0 N–H and O–H groups in total. The van der Waals surface area contributed by atoms with Crippen LogP contribution in [0.25, 0.3) is 0 Å². The molecule has 3 aliphatic rings. The average molecular weight is 327 g/mol. The fourth-order valence-electron chi connectivity index (χ4n) is 4.22. The number of hydrogen-bond donors (Lipinski definition) is 0. The Bertz CT molecular complexity index is 779. The highest BCUT2D eigenvalue weighted by molar-refractivity contribution is 6.25. The molecule has 0 unspecified atom stereocenters. The lowest BCUT2D eigenvalue weighted by atomic mass is 9.73. The van der Waals surface area contributed by atoms with Gasteiger partial charge in [-0.25, -0.2) is 9.69 Å². The van der Waals surface area contributed by atoms with Crippen molar-refractivity contribution in [1.82, 2.24) is 0 Å². The standard InChI is InChI=1S/C18H17NO5/c1-17-8-9-18(2,24-17)13-12(17)14(20)19(15(13)21)11-7-5-4-6-10(11)16(22)23-3/h4-9,12-13H,1-3H3/t12-,13-,17-,18+/m1/s1. The summed E-state index contributed by atoms with van der Waals surface area (Å²) in [7, 11) is 1.27. The smallest absolute Gasteiger partial charge is 0.339 e. The van der Waals surface area contributed by atoms with Gasteiger partial charge < -0.3 is 9.47 Å². The Morgan fingerprint density at radius 2 is 1.62 bits per heavy atom. The molecule has 3 aliphatic heterocycles. The van der Waals surface area contributed by atoms with Crippen LogP contribution in [0.2, 0.25) is 0 Å². The van der Waals surface area contributed by atoms with Crippen molar-refractivity contribution in [3.05, 3.63) is 42.0 Å². The van der Waals surface area contributed by atoms with Gasteiger partial charge in [-0.3, -0.25) is 9.59 Å². The molecule has 24 heavy (non-hydrogen) atoms. The van der Waals surface area contributed by atoms with Crippen molar-refractivity contribution in [1.29, 1.82) is 0 Å². The van der Waals surface area contributed by atoms with Gasteiger partial charge in [-0.15, -0.1) is 0 Å². The largest absolute Gasteiger partial charge is 0.465 e. The van der Waals surface area contributed by atoms with E-state index in [-0.39, 0.29) is 23.1 Å². The highest BCUT2D eigenvalue weighted by Crippen LogP contribution is 2.57. The molecule has 2 fully saturated rings. The second-order valence-corrected chi connectivity index (χ2v) is 6.78. The molecular weight excluding hydrogens is 310 g/mol. The third kappa shape index (κ3) is 1.66. The summed E-state index contributed by atoms with van der Waals surface area (Å²) in [5.74, 6) is -2.41. The fourth-order valence-corrected chi connectivity index (χ4v) is 4.22. The van der Waals surface area contributed by atoms with Crippen LogP contribution in [0.4, 0.5) is 5.69 Å². The van der Waals surface area contributed by atoms with E-state index >= 15 is 0 Å². The number of hydrogen-bond acceptors (Lipinski definition) is 5. The van der Waals surface area contributed by atoms with Crippen molar-refractivity contribution in [3.8, 4) is 0 Å². The van der Waals surface area contributed by atoms with Crippen LogP contribution in [0.3, 0.4) is 0 Å². The zero-order valence-corrected chi connectivity index (χ0v) is 13.6. The van der Waals surface area contributed by atoms with Crippen molar-refractivity contribution in [3.63, 3.8) is 0 Å². The first-order chi connectivity index (χ1) is 11.3. The number of amides is 2. The van der Waals surface area contributed by atoms with Gasteiger partial charge in [0.05, 0.1) is 41.4 Å². The van der Waals surface area contributed by atoms with Gasteiger partial charge in [0.1, 0.15) is 0 Å². The Hall–Kier alpha value is -2.47. The third-order valence-corrected chi connectivity index (χ3v) is 5.28. The summed E-state index contributed by atoms with van der Waals surface area (Å²) in [5.41, 5.74) is -1.12. The number of fused-ring (bicyclic) bond motifs is 5. The van der Waals surface area contributed by atoms with E-state index in [4.69, 9.17) is 9.47 Å². The number of methoxy groups -OCH3 is 1. The molecular formula is C18H17NO5. The number of nitrogens with zero attached hydrogens (tertiary/aromatic N) is 1. The fraction of sp³-hybridized carbons (Fsp3) is 0.389. The van der Waals surface area contributed by atoms with E-state index in [1.807, 2.05) is 26.0 Å². The number of ether oxygens (including phenoxy) is 2. The molecule has 0 spiro atoms. The maximum atomic E-state index is 13.0. The predicted octanol–water partition coefficient (Wildman–Crippen LogP) is 1.70. The van der Waals surface area contributed by atoms with Crippen molar-refractivity contribution in [2.24, 2.45) is 11.8 Å². The van der Waals surface area contributed by atoms with Crippen LogP contribution in [0, 0.1) is 11.8 Å². The Morgan fingerprint density at radius 3 is 2.17 bits per heavy atom. The van der Waals surface area contributed by atoms with Gasteiger partial charge in [0.2, 0.25) is 11.8 Å². The van der Waals surface area contributed by atoms with Gasteiger partial charge in [-0.05, 0) is 26.0 Å². The van der Waals surface area contributed by atoms with Gasteiger partial charge in [0, 0.05) is 0 Å². The summed E-state index contributed by atoms with van der Waals surface area (Å²) < 4.78 is 10.7. The lowest BCUT2D eigenvalue weighted by molar-refractivity contribution is -0.128. The van der Waals surface area contributed by atoms with Gasteiger partial charge in [-0.2, -0.15) is 0 Å².